The van der Waals surface area contributed by atoms with Crippen molar-refractivity contribution >= 4 is 11.8 Å². The van der Waals surface area contributed by atoms with E-state index in [4.69, 9.17) is 0 Å². The van der Waals surface area contributed by atoms with Gasteiger partial charge in [-0.3, -0.25) is 9.59 Å². The Kier molecular flexibility index (Phi) is 5.55. The molecule has 1 aliphatic heterocycles. The van der Waals surface area contributed by atoms with E-state index in [-0.39, 0.29) is 23.6 Å². The summed E-state index contributed by atoms with van der Waals surface area (Å²) in [6.07, 6.45) is 6.33. The molecule has 1 N–H and O–H groups in total. The van der Waals surface area contributed by atoms with E-state index in [1.165, 1.54) is 6.33 Å². The Morgan fingerprint density at radius 3 is 2.79 bits per heavy atom. The van der Waals surface area contributed by atoms with Crippen LogP contribution in [0.5, 0.6) is 0 Å². The molecule has 0 radical (unpaired) electrons. The van der Waals surface area contributed by atoms with Gasteiger partial charge in [-0.1, -0.05) is 35.5 Å². The average Bonchev–Trinajstić information content (AvgIpc) is 3.43. The van der Waals surface area contributed by atoms with Crippen LogP contribution in [0.4, 0.5) is 0 Å². The topological polar surface area (TPSA) is 106 Å². The van der Waals surface area contributed by atoms with Crippen LogP contribution in [0.3, 0.4) is 0 Å². The second kappa shape index (κ2) is 8.59. The van der Waals surface area contributed by atoms with Crippen molar-refractivity contribution in [2.75, 3.05) is 6.54 Å². The maximum Gasteiger partial charge on any atom is 0.273 e. The van der Waals surface area contributed by atoms with Crippen LogP contribution in [0.15, 0.2) is 55.1 Å². The van der Waals surface area contributed by atoms with Gasteiger partial charge in [-0.2, -0.15) is 0 Å². The first kappa shape index (κ1) is 18.7. The summed E-state index contributed by atoms with van der Waals surface area (Å²) < 4.78 is 1.62. The molecule has 0 spiro atoms. The third kappa shape index (κ3) is 4.45. The molecule has 0 aliphatic carbocycles. The molecular weight excluding hydrogens is 370 g/mol. The predicted octanol–water partition coefficient (Wildman–Crippen LogP) is 1.30. The van der Waals surface area contributed by atoms with Crippen molar-refractivity contribution in [1.29, 1.82) is 0 Å². The van der Waals surface area contributed by atoms with Gasteiger partial charge < -0.3 is 10.2 Å². The fourth-order valence-corrected chi connectivity index (χ4v) is 3.43. The first-order valence-electron chi connectivity index (χ1n) is 9.50. The van der Waals surface area contributed by atoms with E-state index >= 15 is 0 Å². The van der Waals surface area contributed by atoms with Crippen molar-refractivity contribution in [1.82, 2.24) is 35.2 Å². The lowest BCUT2D eigenvalue weighted by atomic mass is 10.2. The summed E-state index contributed by atoms with van der Waals surface area (Å²) in [4.78, 5) is 34.7. The van der Waals surface area contributed by atoms with Crippen LogP contribution in [0.1, 0.15) is 39.4 Å². The van der Waals surface area contributed by atoms with Gasteiger partial charge in [-0.05, 0) is 24.5 Å². The third-order valence-electron chi connectivity index (χ3n) is 4.90. The molecule has 9 nitrogen and oxygen atoms in total. The van der Waals surface area contributed by atoms with E-state index in [9.17, 15) is 9.59 Å². The zero-order valence-corrected chi connectivity index (χ0v) is 15.8. The Balaban J connectivity index is 1.37. The van der Waals surface area contributed by atoms with E-state index in [0.717, 1.165) is 18.4 Å². The number of hydrogen-bond donors (Lipinski definition) is 1. The molecule has 1 atom stereocenters. The third-order valence-corrected chi connectivity index (χ3v) is 4.90. The summed E-state index contributed by atoms with van der Waals surface area (Å²) in [5.41, 5.74) is 1.65. The summed E-state index contributed by atoms with van der Waals surface area (Å²) in [6.45, 7) is 1.58. The molecule has 0 unspecified atom stereocenters. The monoisotopic (exact) mass is 391 g/mol. The number of amides is 2. The van der Waals surface area contributed by atoms with E-state index in [1.54, 1.807) is 28.0 Å². The largest absolute Gasteiger partial charge is 0.347 e. The molecule has 1 aliphatic rings. The number of likely N-dealkylation sites (tertiary alicyclic amines) is 1. The SMILES string of the molecule is O=C(NCc1ccccc1)c1cn(C[C@@H]2CCCN2C(=O)c2ccncn2)nn1. The van der Waals surface area contributed by atoms with E-state index < -0.39 is 0 Å². The van der Waals surface area contributed by atoms with Gasteiger partial charge in [0.25, 0.3) is 11.8 Å². The van der Waals surface area contributed by atoms with Crippen molar-refractivity contribution < 1.29 is 9.59 Å². The maximum atomic E-state index is 12.7. The van der Waals surface area contributed by atoms with Gasteiger partial charge in [0.05, 0.1) is 18.8 Å². The lowest BCUT2D eigenvalue weighted by Crippen LogP contribution is -2.38. The maximum absolute atomic E-state index is 12.7. The van der Waals surface area contributed by atoms with Gasteiger partial charge in [-0.15, -0.1) is 5.10 Å². The quantitative estimate of drug-likeness (QED) is 0.679. The highest BCUT2D eigenvalue weighted by Crippen LogP contribution is 2.20. The second-order valence-electron chi connectivity index (χ2n) is 6.88. The number of rotatable bonds is 6. The summed E-state index contributed by atoms with van der Waals surface area (Å²) >= 11 is 0. The summed E-state index contributed by atoms with van der Waals surface area (Å²) in [5, 5.41) is 10.9. The number of nitrogens with one attached hydrogen (secondary N) is 1. The molecule has 2 amide bonds. The van der Waals surface area contributed by atoms with Gasteiger partial charge in [0, 0.05) is 19.3 Å². The molecule has 9 heteroatoms. The van der Waals surface area contributed by atoms with Crippen molar-refractivity contribution in [3.05, 3.63) is 72.1 Å². The fourth-order valence-electron chi connectivity index (χ4n) is 3.43. The van der Waals surface area contributed by atoms with Gasteiger partial charge in [0.15, 0.2) is 5.69 Å². The number of benzene rings is 1. The molecule has 29 heavy (non-hydrogen) atoms. The van der Waals surface area contributed by atoms with E-state index in [1.807, 2.05) is 30.3 Å². The van der Waals surface area contributed by atoms with E-state index in [0.29, 0.717) is 25.3 Å². The highest BCUT2D eigenvalue weighted by atomic mass is 16.2. The normalized spacial score (nSPS) is 16.0. The molecule has 1 aromatic carbocycles. The Labute approximate surface area is 167 Å². The molecule has 1 fully saturated rings. The van der Waals surface area contributed by atoms with Crippen LogP contribution in [-0.4, -0.2) is 54.3 Å². The van der Waals surface area contributed by atoms with Crippen molar-refractivity contribution in [3.63, 3.8) is 0 Å². The fraction of sp³-hybridized carbons (Fsp3) is 0.300. The molecule has 4 rings (SSSR count). The zero-order chi connectivity index (χ0) is 20.1. The standard InChI is InChI=1S/C20H21N7O2/c28-19(22-11-15-5-2-1-3-6-15)18-13-26(25-24-18)12-16-7-4-10-27(16)20(29)17-8-9-21-14-23-17/h1-3,5-6,8-9,13-14,16H,4,7,10-12H2,(H,22,28)/t16-/m0/s1. The van der Waals surface area contributed by atoms with Crippen LogP contribution in [0, 0.1) is 0 Å². The number of aromatic nitrogens is 5. The van der Waals surface area contributed by atoms with Gasteiger partial charge in [0.1, 0.15) is 12.0 Å². The van der Waals surface area contributed by atoms with Crippen molar-refractivity contribution in [2.24, 2.45) is 0 Å². The molecule has 2 aromatic heterocycles. The smallest absolute Gasteiger partial charge is 0.273 e. The van der Waals surface area contributed by atoms with Gasteiger partial charge >= 0.3 is 0 Å². The number of hydrogen-bond acceptors (Lipinski definition) is 6. The Morgan fingerprint density at radius 2 is 2.00 bits per heavy atom. The van der Waals surface area contributed by atoms with Crippen molar-refractivity contribution in [3.8, 4) is 0 Å². The van der Waals surface area contributed by atoms with E-state index in [2.05, 4.69) is 25.6 Å². The van der Waals surface area contributed by atoms with Crippen LogP contribution < -0.4 is 5.32 Å². The van der Waals surface area contributed by atoms with Crippen LogP contribution in [0.2, 0.25) is 0 Å². The number of carbonyl (C=O) groups excluding carboxylic acids is 2. The lowest BCUT2D eigenvalue weighted by molar-refractivity contribution is 0.0714. The summed E-state index contributed by atoms with van der Waals surface area (Å²) in [7, 11) is 0. The Hall–Kier alpha value is -3.62. The number of nitrogens with zero attached hydrogens (tertiary/aromatic N) is 6. The van der Waals surface area contributed by atoms with Crippen molar-refractivity contribution in [2.45, 2.75) is 32.0 Å². The lowest BCUT2D eigenvalue weighted by Gasteiger charge is -2.24. The second-order valence-corrected chi connectivity index (χ2v) is 6.88. The molecule has 0 saturated carbocycles. The molecule has 3 heterocycles. The summed E-state index contributed by atoms with van der Waals surface area (Å²) in [6, 6.07) is 11.3. The molecule has 3 aromatic rings. The molecule has 0 bridgehead atoms. The first-order chi connectivity index (χ1) is 14.2. The highest BCUT2D eigenvalue weighted by Gasteiger charge is 2.30. The minimum Gasteiger partial charge on any atom is -0.347 e. The minimum absolute atomic E-state index is 0.0144. The van der Waals surface area contributed by atoms with Crippen LogP contribution >= 0.6 is 0 Å². The predicted molar refractivity (Wildman–Crippen MR) is 104 cm³/mol. The number of carbonyl (C=O) groups is 2. The van der Waals surface area contributed by atoms with Crippen LogP contribution in [0.25, 0.3) is 0 Å². The Bertz CT molecular complexity index is 975. The van der Waals surface area contributed by atoms with Gasteiger partial charge in [-0.25, -0.2) is 14.6 Å². The minimum atomic E-state index is -0.277. The zero-order valence-electron chi connectivity index (χ0n) is 15.8. The molecular formula is C20H21N7O2. The highest BCUT2D eigenvalue weighted by molar-refractivity contribution is 5.92. The first-order valence-corrected chi connectivity index (χ1v) is 9.50. The van der Waals surface area contributed by atoms with Gasteiger partial charge in [0.2, 0.25) is 0 Å². The average molecular weight is 391 g/mol. The Morgan fingerprint density at radius 1 is 1.14 bits per heavy atom. The molecule has 1 saturated heterocycles. The molecule has 148 valence electrons. The summed E-state index contributed by atoms with van der Waals surface area (Å²) in [5.74, 6) is -0.392. The van der Waals surface area contributed by atoms with Crippen LogP contribution in [-0.2, 0) is 13.1 Å².